The highest BCUT2D eigenvalue weighted by Crippen LogP contribution is 2.11. The third-order valence-electron chi connectivity index (χ3n) is 1.78. The summed E-state index contributed by atoms with van der Waals surface area (Å²) < 4.78 is 0. The van der Waals surface area contributed by atoms with E-state index in [-0.39, 0.29) is 23.5 Å². The van der Waals surface area contributed by atoms with Gasteiger partial charge in [0.1, 0.15) is 5.15 Å². The summed E-state index contributed by atoms with van der Waals surface area (Å²) in [5.74, 6) is -0.309. The SMILES string of the molecule is C[C@H](CC#N)NC(=O)c1cccnc1Cl. The Morgan fingerprint density at radius 1 is 1.80 bits per heavy atom. The summed E-state index contributed by atoms with van der Waals surface area (Å²) in [5.41, 5.74) is 0.323. The third kappa shape index (κ3) is 3.22. The van der Waals surface area contributed by atoms with Crippen LogP contribution in [0.4, 0.5) is 0 Å². The van der Waals surface area contributed by atoms with E-state index in [0.29, 0.717) is 5.56 Å². The van der Waals surface area contributed by atoms with Crippen LogP contribution in [0.25, 0.3) is 0 Å². The van der Waals surface area contributed by atoms with Crippen molar-refractivity contribution in [1.29, 1.82) is 5.26 Å². The summed E-state index contributed by atoms with van der Waals surface area (Å²) in [6.45, 7) is 1.76. The number of nitriles is 1. The lowest BCUT2D eigenvalue weighted by atomic mass is 10.2. The number of hydrogen-bond acceptors (Lipinski definition) is 3. The second-order valence-electron chi connectivity index (χ2n) is 3.08. The first-order valence-electron chi connectivity index (χ1n) is 4.43. The van der Waals surface area contributed by atoms with Gasteiger partial charge in [0.25, 0.3) is 5.91 Å². The summed E-state index contributed by atoms with van der Waals surface area (Å²) in [7, 11) is 0. The van der Waals surface area contributed by atoms with E-state index in [9.17, 15) is 4.79 Å². The topological polar surface area (TPSA) is 65.8 Å². The van der Waals surface area contributed by atoms with Gasteiger partial charge in [-0.1, -0.05) is 11.6 Å². The predicted octanol–water partition coefficient (Wildman–Crippen LogP) is 1.77. The highest BCUT2D eigenvalue weighted by Gasteiger charge is 2.12. The van der Waals surface area contributed by atoms with Crippen molar-refractivity contribution in [2.45, 2.75) is 19.4 Å². The van der Waals surface area contributed by atoms with Gasteiger partial charge in [-0.05, 0) is 19.1 Å². The highest BCUT2D eigenvalue weighted by molar-refractivity contribution is 6.32. The van der Waals surface area contributed by atoms with Crippen LogP contribution in [0.3, 0.4) is 0 Å². The molecule has 0 bridgehead atoms. The lowest BCUT2D eigenvalue weighted by molar-refractivity contribution is 0.0940. The molecule has 1 atom stereocenters. The van der Waals surface area contributed by atoms with Gasteiger partial charge < -0.3 is 5.32 Å². The molecular weight excluding hydrogens is 214 g/mol. The second-order valence-corrected chi connectivity index (χ2v) is 3.44. The second kappa shape index (κ2) is 5.32. The van der Waals surface area contributed by atoms with Crippen LogP contribution in [-0.4, -0.2) is 16.9 Å². The third-order valence-corrected chi connectivity index (χ3v) is 2.08. The number of amides is 1. The molecule has 4 nitrogen and oxygen atoms in total. The largest absolute Gasteiger partial charge is 0.348 e. The first-order chi connectivity index (χ1) is 7.15. The molecule has 78 valence electrons. The molecule has 15 heavy (non-hydrogen) atoms. The first kappa shape index (κ1) is 11.5. The molecule has 0 saturated heterocycles. The molecular formula is C10H10ClN3O. The molecule has 1 aromatic heterocycles. The molecule has 0 aliphatic carbocycles. The summed E-state index contributed by atoms with van der Waals surface area (Å²) in [5, 5.41) is 11.3. The van der Waals surface area contributed by atoms with Crippen molar-refractivity contribution in [3.63, 3.8) is 0 Å². The number of aromatic nitrogens is 1. The van der Waals surface area contributed by atoms with Gasteiger partial charge in [-0.15, -0.1) is 0 Å². The van der Waals surface area contributed by atoms with Crippen LogP contribution < -0.4 is 5.32 Å². The zero-order valence-corrected chi connectivity index (χ0v) is 8.95. The van der Waals surface area contributed by atoms with E-state index in [1.54, 1.807) is 19.1 Å². The Labute approximate surface area is 92.9 Å². The fourth-order valence-corrected chi connectivity index (χ4v) is 1.25. The van der Waals surface area contributed by atoms with Crippen LogP contribution in [0.1, 0.15) is 23.7 Å². The van der Waals surface area contributed by atoms with Gasteiger partial charge in [0.2, 0.25) is 0 Å². The standard InChI is InChI=1S/C10H10ClN3O/c1-7(4-5-12)14-10(15)8-3-2-6-13-9(8)11/h2-3,6-7H,4H2,1H3,(H,14,15)/t7-/m1/s1. The molecule has 0 radical (unpaired) electrons. The molecule has 0 spiro atoms. The van der Waals surface area contributed by atoms with Crippen molar-refractivity contribution in [2.24, 2.45) is 0 Å². The molecule has 1 aromatic rings. The number of halogens is 1. The number of rotatable bonds is 3. The van der Waals surface area contributed by atoms with Gasteiger partial charge >= 0.3 is 0 Å². The summed E-state index contributed by atoms with van der Waals surface area (Å²) in [6.07, 6.45) is 1.78. The molecule has 1 N–H and O–H groups in total. The Balaban J connectivity index is 2.70. The number of nitrogens with one attached hydrogen (secondary N) is 1. The minimum atomic E-state index is -0.309. The highest BCUT2D eigenvalue weighted by atomic mass is 35.5. The van der Waals surface area contributed by atoms with E-state index >= 15 is 0 Å². The monoisotopic (exact) mass is 223 g/mol. The van der Waals surface area contributed by atoms with Crippen LogP contribution >= 0.6 is 11.6 Å². The van der Waals surface area contributed by atoms with Crippen molar-refractivity contribution in [3.8, 4) is 6.07 Å². The van der Waals surface area contributed by atoms with Crippen LogP contribution in [-0.2, 0) is 0 Å². The minimum Gasteiger partial charge on any atom is -0.348 e. The number of pyridine rings is 1. The van der Waals surface area contributed by atoms with E-state index in [2.05, 4.69) is 10.3 Å². The molecule has 1 heterocycles. The quantitative estimate of drug-likeness (QED) is 0.795. The minimum absolute atomic E-state index is 0.166. The average molecular weight is 224 g/mol. The van der Waals surface area contributed by atoms with Crippen LogP contribution in [0.5, 0.6) is 0 Å². The van der Waals surface area contributed by atoms with Gasteiger partial charge in [0.15, 0.2) is 0 Å². The Morgan fingerprint density at radius 3 is 3.13 bits per heavy atom. The zero-order chi connectivity index (χ0) is 11.3. The van der Waals surface area contributed by atoms with Gasteiger partial charge in [-0.25, -0.2) is 4.98 Å². The Morgan fingerprint density at radius 2 is 2.53 bits per heavy atom. The Bertz CT molecular complexity index is 400. The number of nitrogens with zero attached hydrogens (tertiary/aromatic N) is 2. The average Bonchev–Trinajstić information content (AvgIpc) is 2.18. The van der Waals surface area contributed by atoms with E-state index < -0.39 is 0 Å². The normalized spacial score (nSPS) is 11.5. The maximum atomic E-state index is 11.6. The van der Waals surface area contributed by atoms with Crippen molar-refractivity contribution in [3.05, 3.63) is 29.0 Å². The molecule has 0 unspecified atom stereocenters. The molecule has 0 aliphatic rings. The summed E-state index contributed by atoms with van der Waals surface area (Å²) >= 11 is 5.74. The van der Waals surface area contributed by atoms with Crippen molar-refractivity contribution in [2.75, 3.05) is 0 Å². The fourth-order valence-electron chi connectivity index (χ4n) is 1.04. The molecule has 0 aliphatic heterocycles. The Hall–Kier alpha value is -1.60. The first-order valence-corrected chi connectivity index (χ1v) is 4.81. The van der Waals surface area contributed by atoms with Gasteiger partial charge in [0, 0.05) is 12.2 Å². The Kier molecular flexibility index (Phi) is 4.07. The molecule has 0 saturated carbocycles. The van der Waals surface area contributed by atoms with Crippen molar-refractivity contribution in [1.82, 2.24) is 10.3 Å². The molecule has 1 amide bonds. The molecule has 1 rings (SSSR count). The van der Waals surface area contributed by atoms with Gasteiger partial charge in [0.05, 0.1) is 18.1 Å². The molecule has 5 heteroatoms. The van der Waals surface area contributed by atoms with Crippen LogP contribution in [0.2, 0.25) is 5.15 Å². The van der Waals surface area contributed by atoms with Crippen molar-refractivity contribution < 1.29 is 4.79 Å². The number of carbonyl (C=O) groups is 1. The summed E-state index contributed by atoms with van der Waals surface area (Å²) in [6, 6.07) is 5.00. The van der Waals surface area contributed by atoms with Crippen LogP contribution in [0.15, 0.2) is 18.3 Å². The van der Waals surface area contributed by atoms with Gasteiger partial charge in [-0.2, -0.15) is 5.26 Å². The fraction of sp³-hybridized carbons (Fsp3) is 0.300. The lowest BCUT2D eigenvalue weighted by Gasteiger charge is -2.10. The zero-order valence-electron chi connectivity index (χ0n) is 8.20. The predicted molar refractivity (Wildman–Crippen MR) is 56.4 cm³/mol. The maximum Gasteiger partial charge on any atom is 0.254 e. The van der Waals surface area contributed by atoms with Crippen molar-refractivity contribution >= 4 is 17.5 Å². The maximum absolute atomic E-state index is 11.6. The number of carbonyl (C=O) groups excluding carboxylic acids is 1. The van der Waals surface area contributed by atoms with Gasteiger partial charge in [-0.3, -0.25) is 4.79 Å². The van der Waals surface area contributed by atoms with E-state index in [4.69, 9.17) is 16.9 Å². The van der Waals surface area contributed by atoms with E-state index in [0.717, 1.165) is 0 Å². The molecule has 0 aromatic carbocycles. The lowest BCUT2D eigenvalue weighted by Crippen LogP contribution is -2.32. The van der Waals surface area contributed by atoms with Crippen LogP contribution in [0, 0.1) is 11.3 Å². The van der Waals surface area contributed by atoms with E-state index in [1.165, 1.54) is 6.20 Å². The smallest absolute Gasteiger partial charge is 0.254 e. The molecule has 0 fully saturated rings. The summed E-state index contributed by atoms with van der Waals surface area (Å²) in [4.78, 5) is 15.4. The van der Waals surface area contributed by atoms with E-state index in [1.807, 2.05) is 6.07 Å². The number of hydrogen-bond donors (Lipinski definition) is 1.